The van der Waals surface area contributed by atoms with Crippen LogP contribution in [0.5, 0.6) is 0 Å². The molecule has 2 nitrogen and oxygen atoms in total. The molecule has 106 valence electrons. The van der Waals surface area contributed by atoms with Gasteiger partial charge >= 0.3 is 0 Å². The molecule has 1 N–H and O–H groups in total. The molecule has 0 spiro atoms. The highest BCUT2D eigenvalue weighted by atomic mass is 35.5. The van der Waals surface area contributed by atoms with E-state index in [-0.39, 0.29) is 0 Å². The van der Waals surface area contributed by atoms with Crippen LogP contribution < -0.4 is 5.32 Å². The summed E-state index contributed by atoms with van der Waals surface area (Å²) in [6.07, 6.45) is 2.74. The Morgan fingerprint density at radius 1 is 1.00 bits per heavy atom. The number of hydrogen-bond donors (Lipinski definition) is 1. The Morgan fingerprint density at radius 2 is 1.86 bits per heavy atom. The standard InChI is InChI=1S/C18H17ClN2/c1-20-12-14-6-7-16(19)11-15(14)10-13-8-9-21-18-5-3-2-4-17(13)18/h2-9,11,20H,10,12H2,1H3. The fraction of sp³-hybridized carbons (Fsp3) is 0.167. The highest BCUT2D eigenvalue weighted by Gasteiger charge is 2.07. The van der Waals surface area contributed by atoms with Crippen LogP contribution in [0.1, 0.15) is 16.7 Å². The van der Waals surface area contributed by atoms with E-state index in [4.69, 9.17) is 11.6 Å². The van der Waals surface area contributed by atoms with Crippen molar-refractivity contribution >= 4 is 22.5 Å². The third-order valence-corrected chi connectivity index (χ3v) is 3.89. The number of fused-ring (bicyclic) bond motifs is 1. The minimum Gasteiger partial charge on any atom is -0.316 e. The molecule has 3 rings (SSSR count). The van der Waals surface area contributed by atoms with E-state index < -0.39 is 0 Å². The molecule has 0 aliphatic rings. The fourth-order valence-corrected chi connectivity index (χ4v) is 2.83. The molecular formula is C18H17ClN2. The van der Waals surface area contributed by atoms with Gasteiger partial charge in [-0.25, -0.2) is 0 Å². The molecule has 2 aromatic carbocycles. The lowest BCUT2D eigenvalue weighted by Gasteiger charge is -2.11. The molecule has 1 aromatic heterocycles. The lowest BCUT2D eigenvalue weighted by Crippen LogP contribution is -2.08. The molecule has 3 heteroatoms. The van der Waals surface area contributed by atoms with Crippen molar-refractivity contribution in [2.24, 2.45) is 0 Å². The van der Waals surface area contributed by atoms with Gasteiger partial charge in [0, 0.05) is 23.2 Å². The Morgan fingerprint density at radius 3 is 2.71 bits per heavy atom. The number of benzene rings is 2. The fourth-order valence-electron chi connectivity index (χ4n) is 2.64. The zero-order valence-electron chi connectivity index (χ0n) is 11.9. The smallest absolute Gasteiger partial charge is 0.0704 e. The molecule has 0 unspecified atom stereocenters. The molecule has 0 aliphatic carbocycles. The molecule has 21 heavy (non-hydrogen) atoms. The molecule has 0 bridgehead atoms. The maximum absolute atomic E-state index is 6.17. The van der Waals surface area contributed by atoms with Crippen LogP contribution in [0.3, 0.4) is 0 Å². The average Bonchev–Trinajstić information content (AvgIpc) is 2.50. The normalized spacial score (nSPS) is 11.0. The summed E-state index contributed by atoms with van der Waals surface area (Å²) in [6.45, 7) is 0.843. The first-order valence-electron chi connectivity index (χ1n) is 7.02. The van der Waals surface area contributed by atoms with E-state index in [1.54, 1.807) is 0 Å². The van der Waals surface area contributed by atoms with Crippen molar-refractivity contribution < 1.29 is 0 Å². The Labute approximate surface area is 129 Å². The highest BCUT2D eigenvalue weighted by molar-refractivity contribution is 6.30. The minimum absolute atomic E-state index is 0.781. The van der Waals surface area contributed by atoms with Crippen molar-refractivity contribution in [2.75, 3.05) is 7.05 Å². The first-order chi connectivity index (χ1) is 10.3. The third kappa shape index (κ3) is 3.07. The van der Waals surface area contributed by atoms with Crippen molar-refractivity contribution in [1.29, 1.82) is 0 Å². The molecule has 0 aliphatic heterocycles. The van der Waals surface area contributed by atoms with E-state index in [9.17, 15) is 0 Å². The molecule has 0 saturated carbocycles. The van der Waals surface area contributed by atoms with Gasteiger partial charge in [0.15, 0.2) is 0 Å². The zero-order chi connectivity index (χ0) is 14.7. The molecule has 0 fully saturated rings. The van der Waals surface area contributed by atoms with Crippen LogP contribution in [0.4, 0.5) is 0 Å². The van der Waals surface area contributed by atoms with E-state index in [1.165, 1.54) is 22.1 Å². The van der Waals surface area contributed by atoms with Crippen LogP contribution in [0.25, 0.3) is 10.9 Å². The Balaban J connectivity index is 2.04. The number of halogens is 1. The Kier molecular flexibility index (Phi) is 4.18. The summed E-state index contributed by atoms with van der Waals surface area (Å²) in [5.74, 6) is 0. The third-order valence-electron chi connectivity index (χ3n) is 3.66. The second kappa shape index (κ2) is 6.25. The van der Waals surface area contributed by atoms with E-state index in [0.29, 0.717) is 0 Å². The summed E-state index contributed by atoms with van der Waals surface area (Å²) in [7, 11) is 1.96. The molecule has 0 saturated heterocycles. The first kappa shape index (κ1) is 14.1. The summed E-state index contributed by atoms with van der Waals surface area (Å²) in [5, 5.41) is 5.20. The van der Waals surface area contributed by atoms with Crippen LogP contribution in [-0.4, -0.2) is 12.0 Å². The SMILES string of the molecule is CNCc1ccc(Cl)cc1Cc1ccnc2ccccc12. The molecule has 0 radical (unpaired) electrons. The molecule has 0 amide bonds. The number of hydrogen-bond acceptors (Lipinski definition) is 2. The summed E-state index contributed by atoms with van der Waals surface area (Å²) in [5.41, 5.74) is 4.85. The predicted molar refractivity (Wildman–Crippen MR) is 88.8 cm³/mol. The average molecular weight is 297 g/mol. The lowest BCUT2D eigenvalue weighted by molar-refractivity contribution is 0.808. The largest absolute Gasteiger partial charge is 0.316 e. The summed E-state index contributed by atoms with van der Waals surface area (Å²) in [6, 6.07) is 16.4. The van der Waals surface area contributed by atoms with E-state index in [0.717, 1.165) is 23.5 Å². The van der Waals surface area contributed by atoms with Gasteiger partial charge in [0.05, 0.1) is 5.52 Å². The van der Waals surface area contributed by atoms with E-state index in [2.05, 4.69) is 40.6 Å². The van der Waals surface area contributed by atoms with E-state index in [1.807, 2.05) is 31.4 Å². The van der Waals surface area contributed by atoms with Gasteiger partial charge in [-0.2, -0.15) is 0 Å². The van der Waals surface area contributed by atoms with Gasteiger partial charge in [-0.15, -0.1) is 0 Å². The van der Waals surface area contributed by atoms with Crippen LogP contribution in [0, 0.1) is 0 Å². The first-order valence-corrected chi connectivity index (χ1v) is 7.40. The predicted octanol–water partition coefficient (Wildman–Crippen LogP) is 4.20. The van der Waals surface area contributed by atoms with Crippen molar-refractivity contribution in [3.05, 3.63) is 76.4 Å². The van der Waals surface area contributed by atoms with Crippen LogP contribution in [-0.2, 0) is 13.0 Å². The van der Waals surface area contributed by atoms with Crippen molar-refractivity contribution in [2.45, 2.75) is 13.0 Å². The van der Waals surface area contributed by atoms with Gasteiger partial charge in [0.2, 0.25) is 0 Å². The maximum Gasteiger partial charge on any atom is 0.0704 e. The lowest BCUT2D eigenvalue weighted by atomic mass is 9.97. The Hall–Kier alpha value is -1.90. The number of pyridine rings is 1. The molecule has 1 heterocycles. The summed E-state index contributed by atoms with van der Waals surface area (Å²) < 4.78 is 0. The van der Waals surface area contributed by atoms with Crippen LogP contribution in [0.2, 0.25) is 5.02 Å². The van der Waals surface area contributed by atoms with Crippen molar-refractivity contribution in [3.8, 4) is 0 Å². The number of para-hydroxylation sites is 1. The molecule has 0 atom stereocenters. The van der Waals surface area contributed by atoms with Gasteiger partial charge in [0.25, 0.3) is 0 Å². The van der Waals surface area contributed by atoms with Gasteiger partial charge in [-0.3, -0.25) is 4.98 Å². The van der Waals surface area contributed by atoms with Crippen LogP contribution >= 0.6 is 11.6 Å². The molecular weight excluding hydrogens is 280 g/mol. The number of rotatable bonds is 4. The van der Waals surface area contributed by atoms with Gasteiger partial charge in [-0.05, 0) is 54.4 Å². The van der Waals surface area contributed by atoms with Gasteiger partial charge in [0.1, 0.15) is 0 Å². The monoisotopic (exact) mass is 296 g/mol. The van der Waals surface area contributed by atoms with Crippen molar-refractivity contribution in [3.63, 3.8) is 0 Å². The topological polar surface area (TPSA) is 24.9 Å². The van der Waals surface area contributed by atoms with Crippen LogP contribution in [0.15, 0.2) is 54.7 Å². The number of nitrogens with one attached hydrogen (secondary N) is 1. The van der Waals surface area contributed by atoms with Gasteiger partial charge < -0.3 is 5.32 Å². The summed E-state index contributed by atoms with van der Waals surface area (Å²) in [4.78, 5) is 4.42. The minimum atomic E-state index is 0.781. The molecule has 3 aromatic rings. The highest BCUT2D eigenvalue weighted by Crippen LogP contribution is 2.23. The number of nitrogens with zero attached hydrogens (tertiary/aromatic N) is 1. The van der Waals surface area contributed by atoms with Gasteiger partial charge in [-0.1, -0.05) is 35.9 Å². The zero-order valence-corrected chi connectivity index (χ0v) is 12.7. The van der Waals surface area contributed by atoms with E-state index >= 15 is 0 Å². The Bertz CT molecular complexity index is 763. The van der Waals surface area contributed by atoms with Crippen molar-refractivity contribution in [1.82, 2.24) is 10.3 Å². The second-order valence-corrected chi connectivity index (χ2v) is 5.54. The summed E-state index contributed by atoms with van der Waals surface area (Å²) >= 11 is 6.17. The number of aromatic nitrogens is 1. The quantitative estimate of drug-likeness (QED) is 0.780. The second-order valence-electron chi connectivity index (χ2n) is 5.11. The maximum atomic E-state index is 6.17.